The third-order valence-electron chi connectivity index (χ3n) is 3.92. The molecule has 1 aliphatic rings. The van der Waals surface area contributed by atoms with Crippen molar-refractivity contribution >= 4 is 9.84 Å². The molecule has 1 rings (SSSR count). The van der Waals surface area contributed by atoms with Gasteiger partial charge in [-0.1, -0.05) is 20.8 Å². The van der Waals surface area contributed by atoms with E-state index in [9.17, 15) is 8.42 Å². The summed E-state index contributed by atoms with van der Waals surface area (Å²) in [5, 5.41) is 3.28. The zero-order valence-electron chi connectivity index (χ0n) is 12.5. The molecule has 1 saturated carbocycles. The Labute approximate surface area is 113 Å². The molecule has 1 N–H and O–H groups in total. The lowest BCUT2D eigenvalue weighted by atomic mass is 9.79. The highest BCUT2D eigenvalue weighted by Gasteiger charge is 2.29. The lowest BCUT2D eigenvalue weighted by Crippen LogP contribution is -2.35. The zero-order valence-corrected chi connectivity index (χ0v) is 13.3. The van der Waals surface area contributed by atoms with Gasteiger partial charge in [-0.25, -0.2) is 8.42 Å². The number of hydrogen-bond acceptors (Lipinski definition) is 3. The van der Waals surface area contributed by atoms with E-state index in [4.69, 9.17) is 0 Å². The van der Waals surface area contributed by atoms with E-state index in [0.29, 0.717) is 17.7 Å². The first-order valence-electron chi connectivity index (χ1n) is 7.08. The van der Waals surface area contributed by atoms with Gasteiger partial charge in [0.15, 0.2) is 9.84 Å². The van der Waals surface area contributed by atoms with Crippen molar-refractivity contribution in [1.29, 1.82) is 0 Å². The second-order valence-electron chi connectivity index (χ2n) is 6.95. The van der Waals surface area contributed by atoms with E-state index in [1.54, 1.807) is 13.8 Å². The van der Waals surface area contributed by atoms with Crippen molar-refractivity contribution in [3.8, 4) is 0 Å². The second kappa shape index (κ2) is 5.91. The molecule has 4 heteroatoms. The van der Waals surface area contributed by atoms with Gasteiger partial charge in [0.05, 0.1) is 11.0 Å². The molecule has 0 amide bonds. The van der Waals surface area contributed by atoms with Crippen molar-refractivity contribution in [2.75, 3.05) is 12.3 Å². The van der Waals surface area contributed by atoms with Crippen molar-refractivity contribution in [1.82, 2.24) is 5.32 Å². The normalized spacial score (nSPS) is 19.2. The number of sulfone groups is 1. The van der Waals surface area contributed by atoms with E-state index < -0.39 is 9.84 Å². The fourth-order valence-electron chi connectivity index (χ4n) is 1.98. The van der Waals surface area contributed by atoms with Crippen LogP contribution in [-0.2, 0) is 9.84 Å². The van der Waals surface area contributed by atoms with Gasteiger partial charge in [0.25, 0.3) is 0 Å². The largest absolute Gasteiger partial charge is 0.314 e. The molecule has 1 unspecified atom stereocenters. The summed E-state index contributed by atoms with van der Waals surface area (Å²) in [6, 6.07) is 0.691. The molecule has 1 aliphatic carbocycles. The van der Waals surface area contributed by atoms with E-state index in [1.807, 2.05) is 0 Å². The predicted octanol–water partition coefficient (Wildman–Crippen LogP) is 2.61. The van der Waals surface area contributed by atoms with Crippen LogP contribution < -0.4 is 5.32 Å². The first-order chi connectivity index (χ1) is 8.13. The SMILES string of the molecule is CC(C)S(=O)(=O)CCC(CNC1CC1)C(C)(C)C. The molecule has 0 aliphatic heterocycles. The predicted molar refractivity (Wildman–Crippen MR) is 77.5 cm³/mol. The van der Waals surface area contributed by atoms with E-state index in [0.717, 1.165) is 13.0 Å². The van der Waals surface area contributed by atoms with Gasteiger partial charge >= 0.3 is 0 Å². The van der Waals surface area contributed by atoms with Crippen molar-refractivity contribution in [3.05, 3.63) is 0 Å². The third kappa shape index (κ3) is 5.27. The third-order valence-corrected chi connectivity index (χ3v) is 6.17. The van der Waals surface area contributed by atoms with Crippen molar-refractivity contribution in [2.45, 2.75) is 65.2 Å². The highest BCUT2D eigenvalue weighted by atomic mass is 32.2. The average Bonchev–Trinajstić information content (AvgIpc) is 2.98. The number of nitrogens with one attached hydrogen (secondary N) is 1. The first kappa shape index (κ1) is 16.0. The summed E-state index contributed by atoms with van der Waals surface area (Å²) in [7, 11) is -2.90. The maximum atomic E-state index is 11.9. The Kier molecular flexibility index (Phi) is 5.24. The molecule has 0 spiro atoms. The quantitative estimate of drug-likeness (QED) is 0.777. The second-order valence-corrected chi connectivity index (χ2v) is 9.63. The highest BCUT2D eigenvalue weighted by Crippen LogP contribution is 2.30. The fraction of sp³-hybridized carbons (Fsp3) is 1.00. The van der Waals surface area contributed by atoms with Gasteiger partial charge in [-0.15, -0.1) is 0 Å². The lowest BCUT2D eigenvalue weighted by molar-refractivity contribution is 0.225. The Morgan fingerprint density at radius 2 is 1.78 bits per heavy atom. The molecular weight excluding hydrogens is 246 g/mol. The standard InChI is InChI=1S/C14H29NO2S/c1-11(2)18(16,17)9-8-12(14(3,4)5)10-15-13-6-7-13/h11-13,15H,6-10H2,1-5H3. The van der Waals surface area contributed by atoms with E-state index in [-0.39, 0.29) is 10.7 Å². The van der Waals surface area contributed by atoms with Crippen molar-refractivity contribution in [2.24, 2.45) is 11.3 Å². The summed E-state index contributed by atoms with van der Waals surface area (Å²) in [4.78, 5) is 0. The zero-order chi connectivity index (χ0) is 14.0. The summed E-state index contributed by atoms with van der Waals surface area (Å²) < 4.78 is 23.8. The Balaban J connectivity index is 2.50. The summed E-state index contributed by atoms with van der Waals surface area (Å²) in [6.07, 6.45) is 3.33. The first-order valence-corrected chi connectivity index (χ1v) is 8.79. The van der Waals surface area contributed by atoms with Crippen LogP contribution in [0.1, 0.15) is 53.9 Å². The van der Waals surface area contributed by atoms with Gasteiger partial charge < -0.3 is 5.32 Å². The number of hydrogen-bond donors (Lipinski definition) is 1. The molecule has 0 bridgehead atoms. The molecule has 1 atom stereocenters. The Morgan fingerprint density at radius 3 is 2.17 bits per heavy atom. The molecule has 3 nitrogen and oxygen atoms in total. The van der Waals surface area contributed by atoms with Crippen LogP contribution in [0.15, 0.2) is 0 Å². The van der Waals surface area contributed by atoms with Gasteiger partial charge in [0.1, 0.15) is 0 Å². The summed E-state index contributed by atoms with van der Waals surface area (Å²) >= 11 is 0. The highest BCUT2D eigenvalue weighted by molar-refractivity contribution is 7.91. The minimum Gasteiger partial charge on any atom is -0.314 e. The van der Waals surface area contributed by atoms with E-state index >= 15 is 0 Å². The summed E-state index contributed by atoms with van der Waals surface area (Å²) in [5.41, 5.74) is 0.161. The van der Waals surface area contributed by atoms with Crippen LogP contribution in [0.25, 0.3) is 0 Å². The monoisotopic (exact) mass is 275 g/mol. The molecule has 0 heterocycles. The molecule has 18 heavy (non-hydrogen) atoms. The van der Waals surface area contributed by atoms with Gasteiger partial charge in [0, 0.05) is 6.04 Å². The molecular formula is C14H29NO2S. The lowest BCUT2D eigenvalue weighted by Gasteiger charge is -2.31. The van der Waals surface area contributed by atoms with Crippen LogP contribution in [0.3, 0.4) is 0 Å². The van der Waals surface area contributed by atoms with Crippen LogP contribution >= 0.6 is 0 Å². The van der Waals surface area contributed by atoms with Gasteiger partial charge in [-0.2, -0.15) is 0 Å². The topological polar surface area (TPSA) is 46.2 Å². The number of rotatable bonds is 7. The van der Waals surface area contributed by atoms with Crippen molar-refractivity contribution in [3.63, 3.8) is 0 Å². The molecule has 0 radical (unpaired) electrons. The summed E-state index contributed by atoms with van der Waals surface area (Å²) in [6.45, 7) is 11.1. The van der Waals surface area contributed by atoms with E-state index in [1.165, 1.54) is 12.8 Å². The fourth-order valence-corrected chi connectivity index (χ4v) is 3.06. The maximum Gasteiger partial charge on any atom is 0.152 e. The minimum absolute atomic E-state index is 0.161. The molecule has 0 aromatic carbocycles. The molecule has 1 fully saturated rings. The van der Waals surface area contributed by atoms with Crippen LogP contribution in [0.2, 0.25) is 0 Å². The van der Waals surface area contributed by atoms with Gasteiger partial charge in [0.2, 0.25) is 0 Å². The molecule has 0 aromatic heterocycles. The van der Waals surface area contributed by atoms with Crippen LogP contribution in [0.4, 0.5) is 0 Å². The van der Waals surface area contributed by atoms with Gasteiger partial charge in [-0.3, -0.25) is 0 Å². The van der Waals surface area contributed by atoms with Gasteiger partial charge in [-0.05, 0) is 51.0 Å². The van der Waals surface area contributed by atoms with Crippen LogP contribution in [0.5, 0.6) is 0 Å². The maximum absolute atomic E-state index is 11.9. The Morgan fingerprint density at radius 1 is 1.22 bits per heavy atom. The molecule has 108 valence electrons. The smallest absolute Gasteiger partial charge is 0.152 e. The minimum atomic E-state index is -2.90. The molecule has 0 saturated heterocycles. The average molecular weight is 275 g/mol. The summed E-state index contributed by atoms with van der Waals surface area (Å²) in [5.74, 6) is 0.741. The van der Waals surface area contributed by atoms with E-state index in [2.05, 4.69) is 26.1 Å². The van der Waals surface area contributed by atoms with Crippen molar-refractivity contribution < 1.29 is 8.42 Å². The Bertz CT molecular complexity index is 350. The Hall–Kier alpha value is -0.0900. The van der Waals surface area contributed by atoms with Crippen LogP contribution in [0, 0.1) is 11.3 Å². The molecule has 0 aromatic rings. The van der Waals surface area contributed by atoms with Crippen LogP contribution in [-0.4, -0.2) is 32.0 Å².